The molecule has 0 atom stereocenters. The lowest BCUT2D eigenvalue weighted by atomic mass is 10.1. The summed E-state index contributed by atoms with van der Waals surface area (Å²) >= 11 is 0. The molecule has 112 valence electrons. The Morgan fingerprint density at radius 1 is 0.783 bits per heavy atom. The van der Waals surface area contributed by atoms with E-state index in [1.807, 2.05) is 12.1 Å². The molecule has 0 aliphatic heterocycles. The van der Waals surface area contributed by atoms with Gasteiger partial charge in [0.15, 0.2) is 0 Å². The number of hydrogen-bond donors (Lipinski definition) is 1. The molecule has 4 aromatic rings. The molecule has 0 saturated carbocycles. The van der Waals surface area contributed by atoms with Crippen LogP contribution in [0.25, 0.3) is 21.8 Å². The molecule has 0 amide bonds. The molecule has 1 N–H and O–H groups in total. The van der Waals surface area contributed by atoms with E-state index in [0.29, 0.717) is 0 Å². The van der Waals surface area contributed by atoms with Crippen molar-refractivity contribution in [2.45, 2.75) is 13.5 Å². The number of nitrogens with zero attached hydrogens (tertiary/aromatic N) is 1. The van der Waals surface area contributed by atoms with Crippen molar-refractivity contribution in [1.82, 2.24) is 4.98 Å². The van der Waals surface area contributed by atoms with Crippen LogP contribution in [0.4, 0.5) is 5.69 Å². The van der Waals surface area contributed by atoms with Gasteiger partial charge in [-0.25, -0.2) is 4.98 Å². The molecule has 0 bridgehead atoms. The summed E-state index contributed by atoms with van der Waals surface area (Å²) in [6, 6.07) is 25.2. The Morgan fingerprint density at radius 2 is 1.43 bits per heavy atom. The smallest absolute Gasteiger partial charge is 0.0730 e. The number of anilines is 1. The Morgan fingerprint density at radius 3 is 2.09 bits per heavy atom. The van der Waals surface area contributed by atoms with Crippen LogP contribution in [0.15, 0.2) is 72.8 Å². The summed E-state index contributed by atoms with van der Waals surface area (Å²) in [7, 11) is 0. The Kier molecular flexibility index (Phi) is 3.43. The zero-order valence-corrected chi connectivity index (χ0v) is 13.1. The van der Waals surface area contributed by atoms with E-state index in [1.165, 1.54) is 21.9 Å². The molecular formula is C21H18N2. The first kappa shape index (κ1) is 13.8. The van der Waals surface area contributed by atoms with Crippen LogP contribution in [0.3, 0.4) is 0 Å². The zero-order chi connectivity index (χ0) is 15.6. The Bertz CT molecular complexity index is 935. The maximum Gasteiger partial charge on any atom is 0.0730 e. The van der Waals surface area contributed by atoms with Gasteiger partial charge in [0.2, 0.25) is 0 Å². The summed E-state index contributed by atoms with van der Waals surface area (Å²) in [6.07, 6.45) is 0. The van der Waals surface area contributed by atoms with Crippen molar-refractivity contribution in [3.05, 3.63) is 83.9 Å². The average molecular weight is 298 g/mol. The Hall–Kier alpha value is -2.87. The number of para-hydroxylation sites is 2. The van der Waals surface area contributed by atoms with Crippen molar-refractivity contribution in [3.8, 4) is 0 Å². The molecule has 0 spiro atoms. The second kappa shape index (κ2) is 5.73. The van der Waals surface area contributed by atoms with E-state index >= 15 is 0 Å². The largest absolute Gasteiger partial charge is 0.380 e. The van der Waals surface area contributed by atoms with Crippen molar-refractivity contribution in [3.63, 3.8) is 0 Å². The second-order valence-corrected chi connectivity index (χ2v) is 5.86. The van der Waals surface area contributed by atoms with Crippen molar-refractivity contribution < 1.29 is 0 Å². The monoisotopic (exact) mass is 298 g/mol. The lowest BCUT2D eigenvalue weighted by molar-refractivity contribution is 1.15. The highest BCUT2D eigenvalue weighted by Crippen LogP contribution is 2.30. The minimum absolute atomic E-state index is 0.805. The van der Waals surface area contributed by atoms with Gasteiger partial charge in [0.05, 0.1) is 16.7 Å². The Balaban J connectivity index is 1.82. The van der Waals surface area contributed by atoms with Crippen LogP contribution in [0.1, 0.15) is 11.1 Å². The van der Waals surface area contributed by atoms with Crippen LogP contribution in [-0.2, 0) is 6.54 Å². The van der Waals surface area contributed by atoms with Gasteiger partial charge in [-0.3, -0.25) is 0 Å². The van der Waals surface area contributed by atoms with Crippen LogP contribution in [-0.4, -0.2) is 4.98 Å². The van der Waals surface area contributed by atoms with Gasteiger partial charge in [0.1, 0.15) is 0 Å². The second-order valence-electron chi connectivity index (χ2n) is 5.86. The minimum atomic E-state index is 0.805. The average Bonchev–Trinajstić information content (AvgIpc) is 2.58. The van der Waals surface area contributed by atoms with E-state index in [2.05, 4.69) is 72.9 Å². The Labute approximate surface area is 135 Å². The third-order valence-corrected chi connectivity index (χ3v) is 4.14. The van der Waals surface area contributed by atoms with Gasteiger partial charge in [-0.1, -0.05) is 66.2 Å². The first-order chi connectivity index (χ1) is 11.3. The fourth-order valence-corrected chi connectivity index (χ4v) is 3.04. The number of benzene rings is 3. The number of rotatable bonds is 3. The topological polar surface area (TPSA) is 24.9 Å². The van der Waals surface area contributed by atoms with Gasteiger partial charge in [-0.15, -0.1) is 0 Å². The predicted molar refractivity (Wildman–Crippen MR) is 97.8 cm³/mol. The molecule has 2 heteroatoms. The zero-order valence-electron chi connectivity index (χ0n) is 13.1. The first-order valence-electron chi connectivity index (χ1n) is 7.88. The van der Waals surface area contributed by atoms with Gasteiger partial charge >= 0.3 is 0 Å². The summed E-state index contributed by atoms with van der Waals surface area (Å²) in [5.74, 6) is 0. The summed E-state index contributed by atoms with van der Waals surface area (Å²) in [5.41, 5.74) is 5.78. The third kappa shape index (κ3) is 2.64. The van der Waals surface area contributed by atoms with Crippen molar-refractivity contribution >= 4 is 27.5 Å². The molecule has 3 aromatic carbocycles. The van der Waals surface area contributed by atoms with Crippen molar-refractivity contribution in [1.29, 1.82) is 0 Å². The van der Waals surface area contributed by atoms with E-state index in [1.54, 1.807) is 0 Å². The normalized spacial score (nSPS) is 11.0. The van der Waals surface area contributed by atoms with Crippen LogP contribution >= 0.6 is 0 Å². The molecule has 2 nitrogen and oxygen atoms in total. The fourth-order valence-electron chi connectivity index (χ4n) is 3.04. The number of nitrogens with one attached hydrogen (secondary N) is 1. The highest BCUT2D eigenvalue weighted by atomic mass is 14.9. The van der Waals surface area contributed by atoms with Gasteiger partial charge in [-0.2, -0.15) is 0 Å². The standard InChI is InChI=1S/C21H18N2/c1-15-7-6-8-16(13-15)14-22-21-17-9-2-4-11-19(17)23-20-12-5-3-10-18(20)21/h2-13H,14H2,1H3,(H,22,23). The summed E-state index contributed by atoms with van der Waals surface area (Å²) in [6.45, 7) is 2.93. The van der Waals surface area contributed by atoms with Gasteiger partial charge in [-0.05, 0) is 24.6 Å². The highest BCUT2D eigenvalue weighted by molar-refractivity contribution is 6.07. The molecule has 0 unspecified atom stereocenters. The summed E-state index contributed by atoms with van der Waals surface area (Å²) < 4.78 is 0. The summed E-state index contributed by atoms with van der Waals surface area (Å²) in [5, 5.41) is 5.97. The molecule has 0 aliphatic carbocycles. The SMILES string of the molecule is Cc1cccc(CNc2c3ccccc3nc3ccccc23)c1. The number of fused-ring (bicyclic) bond motifs is 2. The third-order valence-electron chi connectivity index (χ3n) is 4.14. The molecule has 23 heavy (non-hydrogen) atoms. The van der Waals surface area contributed by atoms with Gasteiger partial charge in [0, 0.05) is 17.3 Å². The van der Waals surface area contributed by atoms with E-state index < -0.39 is 0 Å². The summed E-state index contributed by atoms with van der Waals surface area (Å²) in [4.78, 5) is 4.77. The van der Waals surface area contributed by atoms with Crippen LogP contribution in [0, 0.1) is 6.92 Å². The maximum absolute atomic E-state index is 4.77. The van der Waals surface area contributed by atoms with E-state index in [4.69, 9.17) is 4.98 Å². The molecule has 4 rings (SSSR count). The number of pyridine rings is 1. The van der Waals surface area contributed by atoms with Crippen LogP contribution < -0.4 is 5.32 Å². The number of aryl methyl sites for hydroxylation is 1. The maximum atomic E-state index is 4.77. The number of hydrogen-bond acceptors (Lipinski definition) is 2. The van der Waals surface area contributed by atoms with Gasteiger partial charge in [0.25, 0.3) is 0 Å². The van der Waals surface area contributed by atoms with Gasteiger partial charge < -0.3 is 5.32 Å². The van der Waals surface area contributed by atoms with Crippen LogP contribution in [0.2, 0.25) is 0 Å². The van der Waals surface area contributed by atoms with Crippen molar-refractivity contribution in [2.75, 3.05) is 5.32 Å². The first-order valence-corrected chi connectivity index (χ1v) is 7.88. The molecular weight excluding hydrogens is 280 g/mol. The lowest BCUT2D eigenvalue weighted by Crippen LogP contribution is -2.02. The van der Waals surface area contributed by atoms with Crippen LogP contribution in [0.5, 0.6) is 0 Å². The van der Waals surface area contributed by atoms with Crippen molar-refractivity contribution in [2.24, 2.45) is 0 Å². The highest BCUT2D eigenvalue weighted by Gasteiger charge is 2.08. The quantitative estimate of drug-likeness (QED) is 0.518. The molecule has 1 aromatic heterocycles. The van der Waals surface area contributed by atoms with E-state index in [0.717, 1.165) is 23.3 Å². The molecule has 0 radical (unpaired) electrons. The van der Waals surface area contributed by atoms with E-state index in [-0.39, 0.29) is 0 Å². The molecule has 0 fully saturated rings. The number of aromatic nitrogens is 1. The molecule has 1 heterocycles. The molecule has 0 saturated heterocycles. The lowest BCUT2D eigenvalue weighted by Gasteiger charge is -2.13. The van der Waals surface area contributed by atoms with E-state index in [9.17, 15) is 0 Å². The fraction of sp³-hybridized carbons (Fsp3) is 0.0952. The minimum Gasteiger partial charge on any atom is -0.380 e. The predicted octanol–water partition coefficient (Wildman–Crippen LogP) is 5.31. The molecule has 0 aliphatic rings.